The lowest BCUT2D eigenvalue weighted by molar-refractivity contribution is 0.0147. The van der Waals surface area contributed by atoms with Crippen LogP contribution in [0.25, 0.3) is 0 Å². The van der Waals surface area contributed by atoms with E-state index in [1.807, 2.05) is 54.6 Å². The maximum atomic E-state index is 13.5. The summed E-state index contributed by atoms with van der Waals surface area (Å²) in [5.74, 6) is -0.463. The van der Waals surface area contributed by atoms with E-state index in [-0.39, 0.29) is 23.6 Å². The highest BCUT2D eigenvalue weighted by atomic mass is 19.1. The minimum atomic E-state index is -0.645. The molecule has 0 saturated carbocycles. The lowest BCUT2D eigenvalue weighted by Crippen LogP contribution is -2.45. The van der Waals surface area contributed by atoms with E-state index in [0.29, 0.717) is 18.5 Å². The molecular formula is C30H30F2N2O2. The summed E-state index contributed by atoms with van der Waals surface area (Å²) in [6.45, 7) is 6.76. The molecular weight excluding hydrogens is 458 g/mol. The molecule has 2 heterocycles. The normalized spacial score (nSPS) is 17.7. The van der Waals surface area contributed by atoms with Crippen molar-refractivity contribution >= 4 is 11.8 Å². The number of ether oxygens (including phenoxy) is 1. The molecule has 0 N–H and O–H groups in total. The second-order valence-electron chi connectivity index (χ2n) is 9.62. The summed E-state index contributed by atoms with van der Waals surface area (Å²) in [7, 11) is 0. The highest BCUT2D eigenvalue weighted by Gasteiger charge is 2.50. The summed E-state index contributed by atoms with van der Waals surface area (Å²) in [5, 5.41) is 0. The van der Waals surface area contributed by atoms with E-state index in [2.05, 4.69) is 11.5 Å². The highest BCUT2D eigenvalue weighted by Crippen LogP contribution is 2.42. The van der Waals surface area contributed by atoms with Crippen LogP contribution in [0.2, 0.25) is 0 Å². The number of hydrogen-bond donors (Lipinski definition) is 0. The van der Waals surface area contributed by atoms with Crippen molar-refractivity contribution < 1.29 is 18.3 Å². The lowest BCUT2D eigenvalue weighted by atomic mass is 9.86. The Balaban J connectivity index is 1.20. The Labute approximate surface area is 210 Å². The van der Waals surface area contributed by atoms with Gasteiger partial charge in [-0.05, 0) is 66.9 Å². The molecule has 6 heteroatoms. The van der Waals surface area contributed by atoms with Crippen LogP contribution in [0, 0.1) is 11.6 Å². The molecule has 186 valence electrons. The first-order valence-corrected chi connectivity index (χ1v) is 12.5. The Bertz CT molecular complexity index is 1160. The van der Waals surface area contributed by atoms with Crippen molar-refractivity contribution in [2.75, 3.05) is 24.5 Å². The van der Waals surface area contributed by atoms with Crippen LogP contribution in [0.15, 0.2) is 91.1 Å². The molecule has 0 unspecified atom stereocenters. The van der Waals surface area contributed by atoms with Crippen LogP contribution < -0.4 is 4.90 Å². The largest absolute Gasteiger partial charge is 0.436 e. The van der Waals surface area contributed by atoms with Gasteiger partial charge in [0.2, 0.25) is 0 Å². The zero-order valence-corrected chi connectivity index (χ0v) is 20.2. The van der Waals surface area contributed by atoms with E-state index >= 15 is 0 Å². The number of hydrogen-bond acceptors (Lipinski definition) is 3. The van der Waals surface area contributed by atoms with Crippen molar-refractivity contribution in [2.45, 2.75) is 37.2 Å². The molecule has 36 heavy (non-hydrogen) atoms. The Morgan fingerprint density at radius 2 is 1.42 bits per heavy atom. The standard InChI is InChI=1S/C30H30F2N2O2/c1-22-30(36-29(35)34(22)27-6-3-2-4-7-27)17-20-33(21-18-30)19-5-8-28(23-9-13-25(31)14-10-23)24-11-15-26(32)16-12-24/h2-4,6-7,9-16,28H,1,5,8,17-21H2. The van der Waals surface area contributed by atoms with E-state index in [0.717, 1.165) is 49.3 Å². The minimum Gasteiger partial charge on any atom is -0.436 e. The zero-order chi connectivity index (χ0) is 25.1. The second kappa shape index (κ2) is 10.2. The number of nitrogens with zero attached hydrogens (tertiary/aromatic N) is 2. The zero-order valence-electron chi connectivity index (χ0n) is 20.2. The van der Waals surface area contributed by atoms with Crippen LogP contribution in [-0.2, 0) is 4.74 Å². The molecule has 1 spiro atoms. The van der Waals surface area contributed by atoms with Gasteiger partial charge in [0.15, 0.2) is 5.60 Å². The third kappa shape index (κ3) is 4.91. The predicted octanol–water partition coefficient (Wildman–Crippen LogP) is 6.88. The summed E-state index contributed by atoms with van der Waals surface area (Å²) in [6.07, 6.45) is 2.85. The van der Waals surface area contributed by atoms with Crippen molar-refractivity contribution in [3.8, 4) is 0 Å². The monoisotopic (exact) mass is 488 g/mol. The van der Waals surface area contributed by atoms with Crippen molar-refractivity contribution in [3.05, 3.63) is 114 Å². The van der Waals surface area contributed by atoms with Gasteiger partial charge in [-0.2, -0.15) is 0 Å². The molecule has 0 atom stereocenters. The predicted molar refractivity (Wildman–Crippen MR) is 137 cm³/mol. The third-order valence-corrected chi connectivity index (χ3v) is 7.45. The van der Waals surface area contributed by atoms with Gasteiger partial charge in [-0.15, -0.1) is 0 Å². The molecule has 2 fully saturated rings. The summed E-state index contributed by atoms with van der Waals surface area (Å²) in [5.41, 5.74) is 2.89. The van der Waals surface area contributed by atoms with Crippen LogP contribution in [0.5, 0.6) is 0 Å². The number of amides is 1. The molecule has 2 saturated heterocycles. The van der Waals surface area contributed by atoms with Gasteiger partial charge in [-0.25, -0.2) is 18.5 Å². The molecule has 3 aromatic carbocycles. The second-order valence-corrected chi connectivity index (χ2v) is 9.62. The maximum Gasteiger partial charge on any atom is 0.419 e. The maximum absolute atomic E-state index is 13.5. The number of likely N-dealkylation sites (tertiary alicyclic amines) is 1. The van der Waals surface area contributed by atoms with E-state index in [1.165, 1.54) is 24.3 Å². The average Bonchev–Trinajstić information content (AvgIpc) is 3.13. The molecule has 0 aliphatic carbocycles. The Kier molecular flexibility index (Phi) is 6.88. The number of halogens is 2. The van der Waals surface area contributed by atoms with Crippen LogP contribution in [0.4, 0.5) is 19.3 Å². The first-order valence-electron chi connectivity index (χ1n) is 12.5. The van der Waals surface area contributed by atoms with Crippen molar-refractivity contribution in [2.24, 2.45) is 0 Å². The summed E-state index contributed by atoms with van der Waals surface area (Å²) in [4.78, 5) is 16.7. The lowest BCUT2D eigenvalue weighted by Gasteiger charge is -2.38. The Hall–Kier alpha value is -3.51. The van der Waals surface area contributed by atoms with Gasteiger partial charge in [-0.1, -0.05) is 49.0 Å². The minimum absolute atomic E-state index is 0.0670. The Morgan fingerprint density at radius 1 is 0.861 bits per heavy atom. The van der Waals surface area contributed by atoms with Crippen LogP contribution in [0.1, 0.15) is 42.7 Å². The number of rotatable bonds is 7. The number of anilines is 1. The first-order chi connectivity index (χ1) is 17.4. The smallest absolute Gasteiger partial charge is 0.419 e. The van der Waals surface area contributed by atoms with E-state index in [4.69, 9.17) is 4.74 Å². The Morgan fingerprint density at radius 3 is 1.97 bits per heavy atom. The van der Waals surface area contributed by atoms with Gasteiger partial charge in [0.25, 0.3) is 0 Å². The average molecular weight is 489 g/mol. The van der Waals surface area contributed by atoms with E-state index in [9.17, 15) is 13.6 Å². The first kappa shape index (κ1) is 24.2. The van der Waals surface area contributed by atoms with Crippen LogP contribution in [-0.4, -0.2) is 36.2 Å². The number of carbonyl (C=O) groups is 1. The summed E-state index contributed by atoms with van der Waals surface area (Å²) < 4.78 is 32.9. The molecule has 2 aliphatic rings. The number of piperidine rings is 1. The molecule has 0 radical (unpaired) electrons. The quantitative estimate of drug-likeness (QED) is 0.363. The fourth-order valence-electron chi connectivity index (χ4n) is 5.39. The molecule has 4 nitrogen and oxygen atoms in total. The van der Waals surface area contributed by atoms with Crippen LogP contribution >= 0.6 is 0 Å². The molecule has 1 amide bonds. The van der Waals surface area contributed by atoms with E-state index < -0.39 is 5.60 Å². The number of para-hydroxylation sites is 1. The highest BCUT2D eigenvalue weighted by molar-refractivity contribution is 5.95. The van der Waals surface area contributed by atoms with Gasteiger partial charge in [0.05, 0.1) is 11.4 Å². The van der Waals surface area contributed by atoms with Crippen molar-refractivity contribution in [1.29, 1.82) is 0 Å². The number of benzene rings is 3. The fraction of sp³-hybridized carbons (Fsp3) is 0.300. The molecule has 0 aromatic heterocycles. The SMILES string of the molecule is C=C1N(c2ccccc2)C(=O)OC12CCN(CCCC(c1ccc(F)cc1)c1ccc(F)cc1)CC2. The van der Waals surface area contributed by atoms with Gasteiger partial charge in [-0.3, -0.25) is 0 Å². The van der Waals surface area contributed by atoms with E-state index in [1.54, 1.807) is 4.90 Å². The third-order valence-electron chi connectivity index (χ3n) is 7.45. The van der Waals surface area contributed by atoms with Gasteiger partial charge >= 0.3 is 6.09 Å². The van der Waals surface area contributed by atoms with Crippen molar-refractivity contribution in [3.63, 3.8) is 0 Å². The van der Waals surface area contributed by atoms with Gasteiger partial charge in [0, 0.05) is 31.8 Å². The fourth-order valence-corrected chi connectivity index (χ4v) is 5.39. The van der Waals surface area contributed by atoms with Gasteiger partial charge < -0.3 is 9.64 Å². The number of carbonyl (C=O) groups excluding carboxylic acids is 1. The van der Waals surface area contributed by atoms with Crippen LogP contribution in [0.3, 0.4) is 0 Å². The summed E-state index contributed by atoms with van der Waals surface area (Å²) in [6, 6.07) is 22.6. The van der Waals surface area contributed by atoms with Crippen molar-refractivity contribution in [1.82, 2.24) is 4.90 Å². The summed E-state index contributed by atoms with van der Waals surface area (Å²) >= 11 is 0. The topological polar surface area (TPSA) is 32.8 Å². The molecule has 0 bridgehead atoms. The molecule has 2 aliphatic heterocycles. The molecule has 3 aromatic rings. The molecule has 5 rings (SSSR count). The van der Waals surface area contributed by atoms with Gasteiger partial charge in [0.1, 0.15) is 11.6 Å².